The van der Waals surface area contributed by atoms with Crippen LogP contribution >= 0.6 is 20.6 Å². The van der Waals surface area contributed by atoms with Crippen LogP contribution in [0.1, 0.15) is 37.7 Å². The largest absolute Gasteiger partial charge is 0.308 e. The van der Waals surface area contributed by atoms with Gasteiger partial charge in [-0.2, -0.15) is 0 Å². The topological polar surface area (TPSA) is 24.9 Å². The summed E-state index contributed by atoms with van der Waals surface area (Å²) in [6.07, 6.45) is 10.7. The monoisotopic (exact) mass is 280 g/mol. The zero-order valence-electron chi connectivity index (χ0n) is 11.0. The second kappa shape index (κ2) is 6.10. The molecule has 0 aliphatic heterocycles. The van der Waals surface area contributed by atoms with E-state index in [1.165, 1.54) is 10.6 Å². The molecule has 2 rings (SSSR count). The molecule has 0 bridgehead atoms. The van der Waals surface area contributed by atoms with Crippen LogP contribution in [0, 0.1) is 0 Å². The molecular weight excluding hydrogens is 259 g/mol. The molecule has 0 spiro atoms. The van der Waals surface area contributed by atoms with Crippen molar-refractivity contribution in [3.63, 3.8) is 0 Å². The van der Waals surface area contributed by atoms with Gasteiger partial charge in [-0.3, -0.25) is 0 Å². The minimum absolute atomic E-state index is 0.237. The third-order valence-electron chi connectivity index (χ3n) is 3.38. The zero-order valence-corrected chi connectivity index (χ0v) is 13.0. The van der Waals surface area contributed by atoms with Gasteiger partial charge in [0.1, 0.15) is 5.01 Å². The predicted octanol–water partition coefficient (Wildman–Crippen LogP) is 3.70. The van der Waals surface area contributed by atoms with Crippen molar-refractivity contribution >= 4 is 20.6 Å². The number of rotatable bonds is 5. The summed E-state index contributed by atoms with van der Waals surface area (Å²) < 4.78 is 0. The highest BCUT2D eigenvalue weighted by Gasteiger charge is 2.23. The molecule has 1 heterocycles. The smallest absolute Gasteiger partial charge is 0.109 e. The highest BCUT2D eigenvalue weighted by Crippen LogP contribution is 2.35. The van der Waals surface area contributed by atoms with Crippen molar-refractivity contribution in [1.82, 2.24) is 10.3 Å². The normalized spacial score (nSPS) is 24.9. The van der Waals surface area contributed by atoms with Crippen molar-refractivity contribution in [3.05, 3.63) is 40.4 Å². The zero-order chi connectivity index (χ0) is 13.0. The summed E-state index contributed by atoms with van der Waals surface area (Å²) in [5, 5.41) is 6.98. The average molecular weight is 280 g/mol. The van der Waals surface area contributed by atoms with Gasteiger partial charge in [0.15, 0.2) is 0 Å². The summed E-state index contributed by atoms with van der Waals surface area (Å²) in [6, 6.07) is 0.348. The van der Waals surface area contributed by atoms with Crippen LogP contribution in [0.2, 0.25) is 0 Å². The number of nitrogens with one attached hydrogen (secondary N) is 1. The molecule has 0 saturated heterocycles. The third-order valence-corrected chi connectivity index (χ3v) is 4.94. The molecule has 18 heavy (non-hydrogen) atoms. The first-order valence-electron chi connectivity index (χ1n) is 6.37. The van der Waals surface area contributed by atoms with Crippen LogP contribution in [-0.4, -0.2) is 16.7 Å². The quantitative estimate of drug-likeness (QED) is 0.832. The Morgan fingerprint density at radius 3 is 3.11 bits per heavy atom. The molecule has 1 aromatic rings. The molecule has 1 aromatic heterocycles. The predicted molar refractivity (Wildman–Crippen MR) is 83.1 cm³/mol. The Balaban J connectivity index is 1.82. The Hall–Kier alpha value is -0.500. The molecule has 0 radical (unpaired) electrons. The van der Waals surface area contributed by atoms with E-state index >= 15 is 0 Å². The number of nitrogens with zero attached hydrogens (tertiary/aromatic N) is 1. The Morgan fingerprint density at radius 1 is 1.61 bits per heavy atom. The molecule has 3 unspecified atom stereocenters. The molecule has 0 aromatic carbocycles. The summed E-state index contributed by atoms with van der Waals surface area (Å²) in [5.74, 6) is 0. The van der Waals surface area contributed by atoms with Crippen LogP contribution in [0.3, 0.4) is 0 Å². The summed E-state index contributed by atoms with van der Waals surface area (Å²) >= 11 is 1.71. The maximum Gasteiger partial charge on any atom is 0.109 e. The SMILES string of the molecule is CC(NCCC1=CC=CCC1(C)P)c1nccs1. The fraction of sp³-hybridized carbons (Fsp3) is 0.500. The van der Waals surface area contributed by atoms with Gasteiger partial charge >= 0.3 is 0 Å². The van der Waals surface area contributed by atoms with Crippen molar-refractivity contribution in [2.45, 2.75) is 37.9 Å². The molecule has 98 valence electrons. The summed E-state index contributed by atoms with van der Waals surface area (Å²) in [5.41, 5.74) is 1.51. The van der Waals surface area contributed by atoms with Crippen molar-refractivity contribution in [2.75, 3.05) is 6.54 Å². The van der Waals surface area contributed by atoms with Crippen LogP contribution in [-0.2, 0) is 0 Å². The fourth-order valence-electron chi connectivity index (χ4n) is 2.15. The lowest BCUT2D eigenvalue weighted by molar-refractivity contribution is 0.558. The maximum absolute atomic E-state index is 4.34. The Bertz CT molecular complexity index is 435. The lowest BCUT2D eigenvalue weighted by Crippen LogP contribution is -2.25. The molecule has 0 amide bonds. The number of hydrogen-bond donors (Lipinski definition) is 1. The lowest BCUT2D eigenvalue weighted by atomic mass is 9.90. The first-order valence-corrected chi connectivity index (χ1v) is 7.83. The molecular formula is C14H21N2PS. The highest BCUT2D eigenvalue weighted by atomic mass is 32.1. The molecule has 1 N–H and O–H groups in total. The Labute approximate surface area is 116 Å². The molecule has 3 atom stereocenters. The van der Waals surface area contributed by atoms with Gasteiger partial charge < -0.3 is 5.32 Å². The van der Waals surface area contributed by atoms with Crippen LogP contribution in [0.5, 0.6) is 0 Å². The standard InChI is InChI=1S/C14H21N2PS/c1-11(13-16-9-10-18-13)15-8-6-12-5-3-4-7-14(12,2)17/h3-5,9-11,15H,6-8,17H2,1-2H3. The first-order chi connectivity index (χ1) is 8.59. The van der Waals surface area contributed by atoms with Gasteiger partial charge in [-0.1, -0.05) is 30.7 Å². The Morgan fingerprint density at radius 2 is 2.44 bits per heavy atom. The van der Waals surface area contributed by atoms with Crippen LogP contribution in [0.15, 0.2) is 35.4 Å². The van der Waals surface area contributed by atoms with Gasteiger partial charge in [0.2, 0.25) is 0 Å². The molecule has 1 aliphatic rings. The van der Waals surface area contributed by atoms with Gasteiger partial charge in [0.25, 0.3) is 0 Å². The summed E-state index contributed by atoms with van der Waals surface area (Å²) in [4.78, 5) is 4.34. The van der Waals surface area contributed by atoms with E-state index in [0.29, 0.717) is 6.04 Å². The van der Waals surface area contributed by atoms with E-state index in [0.717, 1.165) is 19.4 Å². The number of allylic oxidation sites excluding steroid dienone is 3. The lowest BCUT2D eigenvalue weighted by Gasteiger charge is -2.29. The van der Waals surface area contributed by atoms with Crippen molar-refractivity contribution in [1.29, 1.82) is 0 Å². The van der Waals surface area contributed by atoms with E-state index in [4.69, 9.17) is 0 Å². The number of hydrogen-bond acceptors (Lipinski definition) is 3. The first kappa shape index (κ1) is 13.9. The van der Waals surface area contributed by atoms with E-state index in [-0.39, 0.29) is 5.16 Å². The van der Waals surface area contributed by atoms with Crippen molar-refractivity contribution < 1.29 is 0 Å². The minimum Gasteiger partial charge on any atom is -0.308 e. The highest BCUT2D eigenvalue weighted by molar-refractivity contribution is 7.19. The van der Waals surface area contributed by atoms with Crippen LogP contribution in [0.4, 0.5) is 0 Å². The second-order valence-corrected chi connectivity index (χ2v) is 7.24. The van der Waals surface area contributed by atoms with Gasteiger partial charge in [-0.15, -0.1) is 20.6 Å². The van der Waals surface area contributed by atoms with E-state index < -0.39 is 0 Å². The average Bonchev–Trinajstić information content (AvgIpc) is 2.84. The maximum atomic E-state index is 4.34. The minimum atomic E-state index is 0.237. The van der Waals surface area contributed by atoms with Crippen molar-refractivity contribution in [2.24, 2.45) is 0 Å². The van der Waals surface area contributed by atoms with Gasteiger partial charge in [0.05, 0.1) is 6.04 Å². The molecule has 0 fully saturated rings. The molecule has 2 nitrogen and oxygen atoms in total. The molecule has 0 saturated carbocycles. The third kappa shape index (κ3) is 3.50. The van der Waals surface area contributed by atoms with E-state index in [1.54, 1.807) is 11.3 Å². The summed E-state index contributed by atoms with van der Waals surface area (Å²) in [6.45, 7) is 5.47. The van der Waals surface area contributed by atoms with E-state index in [2.05, 4.69) is 51.6 Å². The van der Waals surface area contributed by atoms with E-state index in [1.807, 2.05) is 11.6 Å². The second-order valence-electron chi connectivity index (χ2n) is 5.04. The molecule has 4 heteroatoms. The van der Waals surface area contributed by atoms with E-state index in [9.17, 15) is 0 Å². The van der Waals surface area contributed by atoms with Crippen LogP contribution in [0.25, 0.3) is 0 Å². The Kier molecular flexibility index (Phi) is 4.71. The van der Waals surface area contributed by atoms with Crippen LogP contribution < -0.4 is 5.32 Å². The molecule has 1 aliphatic carbocycles. The van der Waals surface area contributed by atoms with Gasteiger partial charge in [-0.25, -0.2) is 4.98 Å². The van der Waals surface area contributed by atoms with Gasteiger partial charge in [0, 0.05) is 16.7 Å². The number of aromatic nitrogens is 1. The van der Waals surface area contributed by atoms with Gasteiger partial charge in [-0.05, 0) is 26.3 Å². The number of thiazole rings is 1. The fourth-order valence-corrected chi connectivity index (χ4v) is 3.19. The van der Waals surface area contributed by atoms with Crippen molar-refractivity contribution in [3.8, 4) is 0 Å². The summed E-state index contributed by atoms with van der Waals surface area (Å²) in [7, 11) is 2.98.